The topological polar surface area (TPSA) is 95.0 Å². The molecule has 0 saturated carbocycles. The van der Waals surface area contributed by atoms with Crippen molar-refractivity contribution in [1.29, 1.82) is 0 Å². The van der Waals surface area contributed by atoms with E-state index in [1.165, 1.54) is 6.20 Å². The molecule has 2 aromatic rings. The van der Waals surface area contributed by atoms with Gasteiger partial charge in [-0.15, -0.1) is 0 Å². The molecule has 2 aromatic heterocycles. The molecule has 0 amide bonds. The summed E-state index contributed by atoms with van der Waals surface area (Å²) in [6, 6.07) is 0. The van der Waals surface area contributed by atoms with Gasteiger partial charge >= 0.3 is 5.69 Å². The van der Waals surface area contributed by atoms with Crippen LogP contribution in [0.2, 0.25) is 0 Å². The molecule has 2 rings (SSSR count). The fourth-order valence-corrected chi connectivity index (χ4v) is 0.831. The van der Waals surface area contributed by atoms with E-state index >= 15 is 0 Å². The van der Waals surface area contributed by atoms with Crippen LogP contribution in [0.5, 0.6) is 0 Å². The summed E-state index contributed by atoms with van der Waals surface area (Å²) >= 11 is 0. The fourth-order valence-electron chi connectivity index (χ4n) is 0.831. The number of hydrogen-bond acceptors (Lipinski definition) is 6. The Morgan fingerprint density at radius 3 is 3.00 bits per heavy atom. The summed E-state index contributed by atoms with van der Waals surface area (Å²) < 4.78 is 4.31. The Bertz CT molecular complexity index is 437. The first kappa shape index (κ1) is 6.65. The molecule has 0 aliphatic rings. The number of pyridine rings is 1. The summed E-state index contributed by atoms with van der Waals surface area (Å²) in [5.74, 6) is 0. The van der Waals surface area contributed by atoms with E-state index in [0.717, 1.165) is 6.20 Å². The molecule has 0 bridgehead atoms. The summed E-state index contributed by atoms with van der Waals surface area (Å²) in [7, 11) is 0. The third-order valence-electron chi connectivity index (χ3n) is 1.35. The van der Waals surface area contributed by atoms with E-state index in [9.17, 15) is 10.1 Å². The van der Waals surface area contributed by atoms with Gasteiger partial charge in [0.05, 0.1) is 11.1 Å². The second-order valence-electron chi connectivity index (χ2n) is 2.05. The van der Waals surface area contributed by atoms with E-state index in [4.69, 9.17) is 0 Å². The van der Waals surface area contributed by atoms with Gasteiger partial charge in [-0.2, -0.15) is 0 Å². The van der Waals surface area contributed by atoms with E-state index in [1.54, 1.807) is 0 Å². The first-order chi connectivity index (χ1) is 5.79. The summed E-state index contributed by atoms with van der Waals surface area (Å²) in [6.07, 6.45) is 2.45. The molecule has 60 valence electrons. The van der Waals surface area contributed by atoms with Crippen LogP contribution in [-0.4, -0.2) is 20.2 Å². The maximum Gasteiger partial charge on any atom is 0.318 e. The smallest absolute Gasteiger partial charge is 0.258 e. The molecule has 0 spiro atoms. The zero-order valence-electron chi connectivity index (χ0n) is 5.67. The minimum absolute atomic E-state index is 0.120. The molecule has 0 aliphatic carbocycles. The highest BCUT2D eigenvalue weighted by molar-refractivity contribution is 5.81. The predicted octanol–water partition coefficient (Wildman–Crippen LogP) is 0.526. The molecular formula is C5H2N4O3. The molecule has 0 radical (unpaired) electrons. The first-order valence-electron chi connectivity index (χ1n) is 2.99. The molecule has 0 fully saturated rings. The van der Waals surface area contributed by atoms with Crippen LogP contribution >= 0.6 is 0 Å². The van der Waals surface area contributed by atoms with Crippen molar-refractivity contribution < 1.29 is 9.55 Å². The lowest BCUT2D eigenvalue weighted by atomic mass is 10.4. The van der Waals surface area contributed by atoms with Gasteiger partial charge < -0.3 is 0 Å². The maximum absolute atomic E-state index is 10.4. The highest BCUT2D eigenvalue weighted by atomic mass is 16.6. The standard InChI is InChI=1S/C5H2N4O3/c10-9(11)4-2-6-1-3-5(4)8-12-7-3/h1-2H. The van der Waals surface area contributed by atoms with Crippen molar-refractivity contribution in [1.82, 2.24) is 15.3 Å². The zero-order valence-corrected chi connectivity index (χ0v) is 5.67. The predicted molar refractivity (Wildman–Crippen MR) is 36.3 cm³/mol. The maximum atomic E-state index is 10.4. The van der Waals surface area contributed by atoms with Gasteiger partial charge in [-0.1, -0.05) is 0 Å². The van der Waals surface area contributed by atoms with Gasteiger partial charge in [0.2, 0.25) is 5.52 Å². The van der Waals surface area contributed by atoms with Crippen molar-refractivity contribution in [3.05, 3.63) is 22.5 Å². The van der Waals surface area contributed by atoms with Crippen molar-refractivity contribution in [3.63, 3.8) is 0 Å². The van der Waals surface area contributed by atoms with E-state index in [2.05, 4.69) is 19.9 Å². The fraction of sp³-hybridized carbons (Fsp3) is 0. The van der Waals surface area contributed by atoms with E-state index in [-0.39, 0.29) is 16.7 Å². The highest BCUT2D eigenvalue weighted by Gasteiger charge is 2.15. The van der Waals surface area contributed by atoms with Gasteiger partial charge in [-0.05, 0) is 10.3 Å². The first-order valence-corrected chi connectivity index (χ1v) is 2.99. The number of rotatable bonds is 1. The third-order valence-corrected chi connectivity index (χ3v) is 1.35. The highest BCUT2D eigenvalue weighted by Crippen LogP contribution is 2.19. The van der Waals surface area contributed by atoms with Crippen LogP contribution in [0.25, 0.3) is 11.0 Å². The molecule has 0 unspecified atom stereocenters. The molecule has 7 nitrogen and oxygen atoms in total. The second kappa shape index (κ2) is 2.22. The van der Waals surface area contributed by atoms with Crippen molar-refractivity contribution in [2.75, 3.05) is 0 Å². The number of aromatic nitrogens is 3. The van der Waals surface area contributed by atoms with Gasteiger partial charge in [0.1, 0.15) is 6.20 Å². The lowest BCUT2D eigenvalue weighted by Gasteiger charge is -1.87. The molecule has 12 heavy (non-hydrogen) atoms. The van der Waals surface area contributed by atoms with Gasteiger partial charge in [-0.3, -0.25) is 15.1 Å². The Balaban J connectivity index is 2.82. The summed E-state index contributed by atoms with van der Waals surface area (Å²) in [5, 5.41) is 17.1. The Kier molecular flexibility index (Phi) is 1.23. The van der Waals surface area contributed by atoms with E-state index in [1.807, 2.05) is 0 Å². The molecule has 7 heteroatoms. The molecule has 0 atom stereocenters. The Labute approximate surface area is 65.1 Å². The molecule has 0 saturated heterocycles. The van der Waals surface area contributed by atoms with Crippen molar-refractivity contribution in [3.8, 4) is 0 Å². The van der Waals surface area contributed by atoms with Crippen LogP contribution in [0.3, 0.4) is 0 Å². The summed E-state index contributed by atoms with van der Waals surface area (Å²) in [6.45, 7) is 0. The normalized spacial score (nSPS) is 10.3. The van der Waals surface area contributed by atoms with Crippen molar-refractivity contribution in [2.45, 2.75) is 0 Å². The quantitative estimate of drug-likeness (QED) is 0.452. The lowest BCUT2D eigenvalue weighted by molar-refractivity contribution is -0.383. The van der Waals surface area contributed by atoms with Crippen LogP contribution in [0.1, 0.15) is 0 Å². The van der Waals surface area contributed by atoms with Gasteiger partial charge in [0, 0.05) is 0 Å². The van der Waals surface area contributed by atoms with Crippen molar-refractivity contribution >= 4 is 16.7 Å². The Morgan fingerprint density at radius 2 is 2.25 bits per heavy atom. The number of nitro groups is 1. The minimum Gasteiger partial charge on any atom is -0.258 e. The minimum atomic E-state index is -0.584. The van der Waals surface area contributed by atoms with Gasteiger partial charge in [-0.25, -0.2) is 4.63 Å². The Hall–Kier alpha value is -2.05. The van der Waals surface area contributed by atoms with Gasteiger partial charge in [0.15, 0.2) is 5.52 Å². The van der Waals surface area contributed by atoms with E-state index in [0.29, 0.717) is 0 Å². The molecule has 0 aromatic carbocycles. The average Bonchev–Trinajstić information content (AvgIpc) is 2.49. The monoisotopic (exact) mass is 166 g/mol. The van der Waals surface area contributed by atoms with Crippen LogP contribution in [-0.2, 0) is 0 Å². The second-order valence-corrected chi connectivity index (χ2v) is 2.05. The number of fused-ring (bicyclic) bond motifs is 1. The summed E-state index contributed by atoms with van der Waals surface area (Å²) in [5.41, 5.74) is 0.202. The Morgan fingerprint density at radius 1 is 1.42 bits per heavy atom. The third kappa shape index (κ3) is 0.797. The SMILES string of the molecule is O=[N+]([O-])c1cncc2nonc12. The largest absolute Gasteiger partial charge is 0.318 e. The number of nitrogens with zero attached hydrogens (tertiary/aromatic N) is 4. The molecular weight excluding hydrogens is 164 g/mol. The molecule has 0 aliphatic heterocycles. The van der Waals surface area contributed by atoms with Crippen LogP contribution in [0.15, 0.2) is 17.0 Å². The van der Waals surface area contributed by atoms with Crippen LogP contribution in [0, 0.1) is 10.1 Å². The average molecular weight is 166 g/mol. The number of hydrogen-bond donors (Lipinski definition) is 0. The van der Waals surface area contributed by atoms with Crippen LogP contribution in [0.4, 0.5) is 5.69 Å². The summed E-state index contributed by atoms with van der Waals surface area (Å²) in [4.78, 5) is 13.4. The van der Waals surface area contributed by atoms with Gasteiger partial charge in [0.25, 0.3) is 0 Å². The zero-order chi connectivity index (χ0) is 8.55. The lowest BCUT2D eigenvalue weighted by Crippen LogP contribution is -1.90. The van der Waals surface area contributed by atoms with Crippen molar-refractivity contribution in [2.24, 2.45) is 0 Å². The van der Waals surface area contributed by atoms with Crippen LogP contribution < -0.4 is 0 Å². The molecule has 2 heterocycles. The van der Waals surface area contributed by atoms with E-state index < -0.39 is 4.92 Å². The molecule has 0 N–H and O–H groups in total.